The third-order valence-corrected chi connectivity index (χ3v) is 2.23. The Balaban J connectivity index is 1.96. The van der Waals surface area contributed by atoms with Gasteiger partial charge < -0.3 is 5.32 Å². The largest absolute Gasteiger partial charge is 0.347 e. The maximum absolute atomic E-state index is 11.7. The van der Waals surface area contributed by atoms with E-state index in [2.05, 4.69) is 20.5 Å². The molecule has 2 aromatic rings. The highest BCUT2D eigenvalue weighted by Gasteiger charge is 2.06. The Morgan fingerprint density at radius 2 is 1.94 bits per heavy atom. The van der Waals surface area contributed by atoms with E-state index in [9.17, 15) is 4.79 Å². The molecule has 0 spiro atoms. The summed E-state index contributed by atoms with van der Waals surface area (Å²) in [6.45, 7) is 2.28. The highest BCUT2D eigenvalue weighted by Crippen LogP contribution is 1.98. The van der Waals surface area contributed by atoms with Crippen LogP contribution in [0.3, 0.4) is 0 Å². The van der Waals surface area contributed by atoms with Crippen LogP contribution in [0.1, 0.15) is 21.7 Å². The number of pyridine rings is 1. The van der Waals surface area contributed by atoms with Crippen molar-refractivity contribution in [3.63, 3.8) is 0 Å². The van der Waals surface area contributed by atoms with Gasteiger partial charge in [-0.3, -0.25) is 9.78 Å². The minimum atomic E-state index is -0.227. The molecular formula is C12H12N4O. The molecule has 0 saturated heterocycles. The average Bonchev–Trinajstić information content (AvgIpc) is 2.38. The summed E-state index contributed by atoms with van der Waals surface area (Å²) in [5.41, 5.74) is 2.11. The number of carbonyl (C=O) groups is 1. The predicted octanol–water partition coefficient (Wildman–Crippen LogP) is 1.11. The Morgan fingerprint density at radius 1 is 1.18 bits per heavy atom. The van der Waals surface area contributed by atoms with Crippen molar-refractivity contribution < 1.29 is 4.79 Å². The van der Waals surface area contributed by atoms with E-state index < -0.39 is 0 Å². The Kier molecular flexibility index (Phi) is 3.40. The molecule has 0 aromatic carbocycles. The van der Waals surface area contributed by atoms with Gasteiger partial charge in [0.2, 0.25) is 0 Å². The molecule has 0 unspecified atom stereocenters. The summed E-state index contributed by atoms with van der Waals surface area (Å²) in [6, 6.07) is 7.11. The minimum absolute atomic E-state index is 0.227. The van der Waals surface area contributed by atoms with Crippen LogP contribution < -0.4 is 5.32 Å². The molecule has 2 heterocycles. The van der Waals surface area contributed by atoms with E-state index in [1.807, 2.05) is 19.1 Å². The molecule has 5 nitrogen and oxygen atoms in total. The topological polar surface area (TPSA) is 67.8 Å². The zero-order chi connectivity index (χ0) is 12.1. The van der Waals surface area contributed by atoms with Crippen molar-refractivity contribution in [1.82, 2.24) is 20.5 Å². The molecule has 0 aliphatic carbocycles. The lowest BCUT2D eigenvalue weighted by Crippen LogP contribution is -2.24. The summed E-state index contributed by atoms with van der Waals surface area (Å²) >= 11 is 0. The average molecular weight is 228 g/mol. The fourth-order valence-corrected chi connectivity index (χ4v) is 1.29. The minimum Gasteiger partial charge on any atom is -0.347 e. The van der Waals surface area contributed by atoms with Crippen molar-refractivity contribution in [2.75, 3.05) is 0 Å². The number of nitrogens with zero attached hydrogens (tertiary/aromatic N) is 3. The van der Waals surface area contributed by atoms with Crippen LogP contribution in [-0.4, -0.2) is 21.1 Å². The van der Waals surface area contributed by atoms with Crippen molar-refractivity contribution in [3.05, 3.63) is 53.6 Å². The van der Waals surface area contributed by atoms with Crippen LogP contribution in [0.4, 0.5) is 0 Å². The highest BCUT2D eigenvalue weighted by atomic mass is 16.1. The number of aryl methyl sites for hydroxylation is 1. The summed E-state index contributed by atoms with van der Waals surface area (Å²) in [5.74, 6) is -0.227. The zero-order valence-corrected chi connectivity index (χ0v) is 9.42. The predicted molar refractivity (Wildman–Crippen MR) is 62.2 cm³/mol. The van der Waals surface area contributed by atoms with E-state index in [0.717, 1.165) is 11.3 Å². The highest BCUT2D eigenvalue weighted by molar-refractivity contribution is 5.91. The van der Waals surface area contributed by atoms with E-state index in [4.69, 9.17) is 0 Å². The van der Waals surface area contributed by atoms with Crippen molar-refractivity contribution >= 4 is 5.91 Å². The summed E-state index contributed by atoms with van der Waals surface area (Å²) in [5, 5.41) is 10.4. The lowest BCUT2D eigenvalue weighted by molar-refractivity contribution is 0.0945. The van der Waals surface area contributed by atoms with Crippen LogP contribution in [0.5, 0.6) is 0 Å². The van der Waals surface area contributed by atoms with Crippen molar-refractivity contribution in [3.8, 4) is 0 Å². The molecule has 0 saturated carbocycles. The SMILES string of the molecule is Cc1ccc(C(=O)NCc2ccncc2)nn1. The quantitative estimate of drug-likeness (QED) is 0.854. The van der Waals surface area contributed by atoms with Gasteiger partial charge in [-0.1, -0.05) is 0 Å². The summed E-state index contributed by atoms with van der Waals surface area (Å²) < 4.78 is 0. The molecule has 1 amide bonds. The van der Waals surface area contributed by atoms with Gasteiger partial charge in [-0.15, -0.1) is 5.10 Å². The van der Waals surface area contributed by atoms with Gasteiger partial charge in [0.1, 0.15) is 0 Å². The van der Waals surface area contributed by atoms with Crippen LogP contribution in [0.15, 0.2) is 36.7 Å². The maximum Gasteiger partial charge on any atom is 0.272 e. The molecule has 2 rings (SSSR count). The number of hydrogen-bond donors (Lipinski definition) is 1. The van der Waals surface area contributed by atoms with Crippen LogP contribution in [0.25, 0.3) is 0 Å². The van der Waals surface area contributed by atoms with Crippen LogP contribution >= 0.6 is 0 Å². The molecule has 5 heteroatoms. The lowest BCUT2D eigenvalue weighted by Gasteiger charge is -2.03. The number of aromatic nitrogens is 3. The fourth-order valence-electron chi connectivity index (χ4n) is 1.29. The molecule has 0 radical (unpaired) electrons. The van der Waals surface area contributed by atoms with Gasteiger partial charge in [0.15, 0.2) is 5.69 Å². The van der Waals surface area contributed by atoms with Gasteiger partial charge in [0, 0.05) is 18.9 Å². The normalized spacial score (nSPS) is 9.94. The molecule has 0 bridgehead atoms. The molecule has 0 aliphatic rings. The number of rotatable bonds is 3. The van der Waals surface area contributed by atoms with Crippen molar-refractivity contribution in [1.29, 1.82) is 0 Å². The number of hydrogen-bond acceptors (Lipinski definition) is 4. The second kappa shape index (κ2) is 5.16. The van der Waals surface area contributed by atoms with Gasteiger partial charge in [-0.25, -0.2) is 0 Å². The first-order valence-electron chi connectivity index (χ1n) is 5.23. The Bertz CT molecular complexity index is 496. The van der Waals surface area contributed by atoms with Crippen LogP contribution in [0.2, 0.25) is 0 Å². The molecular weight excluding hydrogens is 216 g/mol. The molecule has 2 aromatic heterocycles. The molecule has 1 N–H and O–H groups in total. The first-order valence-corrected chi connectivity index (χ1v) is 5.23. The fraction of sp³-hybridized carbons (Fsp3) is 0.167. The van der Waals surface area contributed by atoms with Gasteiger partial charge in [-0.2, -0.15) is 5.10 Å². The van der Waals surface area contributed by atoms with Gasteiger partial charge >= 0.3 is 0 Å². The summed E-state index contributed by atoms with van der Waals surface area (Å²) in [7, 11) is 0. The number of carbonyl (C=O) groups excluding carboxylic acids is 1. The van der Waals surface area contributed by atoms with E-state index in [-0.39, 0.29) is 5.91 Å². The Morgan fingerprint density at radius 3 is 2.59 bits per heavy atom. The molecule has 17 heavy (non-hydrogen) atoms. The molecule has 0 aliphatic heterocycles. The van der Waals surface area contributed by atoms with Crippen LogP contribution in [-0.2, 0) is 6.54 Å². The van der Waals surface area contributed by atoms with Crippen molar-refractivity contribution in [2.45, 2.75) is 13.5 Å². The van der Waals surface area contributed by atoms with Gasteiger partial charge in [0.25, 0.3) is 5.91 Å². The van der Waals surface area contributed by atoms with E-state index in [1.54, 1.807) is 24.5 Å². The zero-order valence-electron chi connectivity index (χ0n) is 9.42. The van der Waals surface area contributed by atoms with Gasteiger partial charge in [-0.05, 0) is 36.8 Å². The molecule has 86 valence electrons. The second-order valence-corrected chi connectivity index (χ2v) is 3.60. The summed E-state index contributed by atoms with van der Waals surface area (Å²) in [6.07, 6.45) is 3.38. The van der Waals surface area contributed by atoms with E-state index in [1.165, 1.54) is 0 Å². The lowest BCUT2D eigenvalue weighted by atomic mass is 10.2. The smallest absolute Gasteiger partial charge is 0.272 e. The van der Waals surface area contributed by atoms with E-state index >= 15 is 0 Å². The van der Waals surface area contributed by atoms with Gasteiger partial charge in [0.05, 0.1) is 5.69 Å². The molecule has 0 atom stereocenters. The van der Waals surface area contributed by atoms with Crippen LogP contribution in [0, 0.1) is 6.92 Å². The second-order valence-electron chi connectivity index (χ2n) is 3.60. The third-order valence-electron chi connectivity index (χ3n) is 2.23. The standard InChI is InChI=1S/C12H12N4O/c1-9-2-3-11(16-15-9)12(17)14-8-10-4-6-13-7-5-10/h2-7H,8H2,1H3,(H,14,17). The van der Waals surface area contributed by atoms with E-state index in [0.29, 0.717) is 12.2 Å². The Labute approximate surface area is 98.9 Å². The van der Waals surface area contributed by atoms with Crippen molar-refractivity contribution in [2.24, 2.45) is 0 Å². The number of amides is 1. The molecule has 0 fully saturated rings. The maximum atomic E-state index is 11.7. The summed E-state index contributed by atoms with van der Waals surface area (Å²) in [4.78, 5) is 15.6. The first-order chi connectivity index (χ1) is 8.25. The third kappa shape index (κ3) is 3.07. The monoisotopic (exact) mass is 228 g/mol. The first kappa shape index (κ1) is 11.2. The number of nitrogens with one attached hydrogen (secondary N) is 1. The Hall–Kier alpha value is -2.30.